The third-order valence-electron chi connectivity index (χ3n) is 4.01. The molecule has 1 heterocycles. The molecule has 0 aromatic carbocycles. The van der Waals surface area contributed by atoms with Crippen molar-refractivity contribution in [1.82, 2.24) is 4.98 Å². The molecule has 5 heteroatoms. The van der Waals surface area contributed by atoms with Gasteiger partial charge in [-0.05, 0) is 25.0 Å². The Morgan fingerprint density at radius 2 is 1.95 bits per heavy atom. The molecule has 0 atom stereocenters. The molecular formula is C15H23N3O2. The molecular weight excluding hydrogens is 254 g/mol. The maximum Gasteiger partial charge on any atom is 0.356 e. The number of methoxy groups -OCH3 is 1. The number of nitrogens with two attached hydrogens (primary N) is 1. The van der Waals surface area contributed by atoms with E-state index < -0.39 is 5.97 Å². The molecule has 1 aromatic rings. The van der Waals surface area contributed by atoms with E-state index >= 15 is 0 Å². The first-order chi connectivity index (χ1) is 9.63. The van der Waals surface area contributed by atoms with Crippen LogP contribution in [0.5, 0.6) is 0 Å². The second kappa shape index (κ2) is 6.59. The van der Waals surface area contributed by atoms with Crippen LogP contribution in [0.25, 0.3) is 0 Å². The van der Waals surface area contributed by atoms with E-state index in [1.165, 1.54) is 32.8 Å². The lowest BCUT2D eigenvalue weighted by Gasteiger charge is -2.29. The number of nitrogen functional groups attached to an aromatic ring is 1. The number of esters is 1. The fraction of sp³-hybridized carbons (Fsp3) is 0.600. The van der Waals surface area contributed by atoms with E-state index in [1.54, 1.807) is 12.1 Å². The van der Waals surface area contributed by atoms with Crippen LogP contribution in [0.3, 0.4) is 0 Å². The highest BCUT2D eigenvalue weighted by atomic mass is 16.5. The summed E-state index contributed by atoms with van der Waals surface area (Å²) in [7, 11) is 3.37. The molecule has 1 aliphatic rings. The summed E-state index contributed by atoms with van der Waals surface area (Å²) in [5, 5.41) is 0. The zero-order valence-electron chi connectivity index (χ0n) is 12.3. The second-order valence-corrected chi connectivity index (χ2v) is 5.36. The zero-order valence-corrected chi connectivity index (χ0v) is 12.3. The third kappa shape index (κ3) is 3.21. The average molecular weight is 277 g/mol. The van der Waals surface area contributed by atoms with Gasteiger partial charge in [0.25, 0.3) is 0 Å². The zero-order chi connectivity index (χ0) is 14.5. The van der Waals surface area contributed by atoms with Gasteiger partial charge in [-0.25, -0.2) is 9.78 Å². The number of aromatic nitrogens is 1. The lowest BCUT2D eigenvalue weighted by Crippen LogP contribution is -2.32. The Kier molecular flexibility index (Phi) is 4.82. The molecule has 0 saturated heterocycles. The minimum Gasteiger partial charge on any atom is -0.464 e. The number of carbonyl (C=O) groups is 1. The van der Waals surface area contributed by atoms with E-state index in [9.17, 15) is 4.79 Å². The molecule has 1 aliphatic carbocycles. The van der Waals surface area contributed by atoms with Crippen molar-refractivity contribution in [2.24, 2.45) is 0 Å². The Hall–Kier alpha value is -1.78. The van der Waals surface area contributed by atoms with E-state index in [-0.39, 0.29) is 0 Å². The lowest BCUT2D eigenvalue weighted by molar-refractivity contribution is 0.0594. The lowest BCUT2D eigenvalue weighted by atomic mass is 10.1. The van der Waals surface area contributed by atoms with Crippen LogP contribution in [-0.2, 0) is 4.74 Å². The topological polar surface area (TPSA) is 68.5 Å². The van der Waals surface area contributed by atoms with Gasteiger partial charge in [-0.2, -0.15) is 0 Å². The molecule has 0 bridgehead atoms. The van der Waals surface area contributed by atoms with Crippen molar-refractivity contribution in [1.29, 1.82) is 0 Å². The monoisotopic (exact) mass is 277 g/mol. The van der Waals surface area contributed by atoms with Crippen molar-refractivity contribution in [3.63, 3.8) is 0 Å². The molecule has 5 nitrogen and oxygen atoms in total. The van der Waals surface area contributed by atoms with Crippen LogP contribution >= 0.6 is 0 Å². The summed E-state index contributed by atoms with van der Waals surface area (Å²) < 4.78 is 4.72. The predicted octanol–water partition coefficient (Wildman–Crippen LogP) is 2.61. The van der Waals surface area contributed by atoms with Crippen molar-refractivity contribution < 1.29 is 9.53 Å². The van der Waals surface area contributed by atoms with Gasteiger partial charge in [0, 0.05) is 13.1 Å². The molecule has 0 radical (unpaired) electrons. The van der Waals surface area contributed by atoms with Crippen molar-refractivity contribution in [3.05, 3.63) is 17.8 Å². The fourth-order valence-electron chi connectivity index (χ4n) is 2.78. The highest BCUT2D eigenvalue weighted by Gasteiger charge is 2.21. The first-order valence-corrected chi connectivity index (χ1v) is 7.21. The van der Waals surface area contributed by atoms with Crippen LogP contribution in [0.2, 0.25) is 0 Å². The van der Waals surface area contributed by atoms with Crippen molar-refractivity contribution >= 4 is 17.5 Å². The standard InChI is InChI=1S/C15H23N3O2/c1-18(11-7-5-3-4-6-8-11)14-12(16)9-10-13(17-14)15(19)20-2/h9-11H,3-8,16H2,1-2H3. The van der Waals surface area contributed by atoms with E-state index in [4.69, 9.17) is 10.5 Å². The van der Waals surface area contributed by atoms with Crippen LogP contribution in [0.1, 0.15) is 49.0 Å². The smallest absolute Gasteiger partial charge is 0.356 e. The Morgan fingerprint density at radius 3 is 2.55 bits per heavy atom. The first kappa shape index (κ1) is 14.6. The maximum atomic E-state index is 11.6. The molecule has 0 unspecified atom stereocenters. The number of rotatable bonds is 3. The minimum atomic E-state index is -0.430. The molecule has 0 spiro atoms. The fourth-order valence-corrected chi connectivity index (χ4v) is 2.78. The van der Waals surface area contributed by atoms with Gasteiger partial charge in [0.15, 0.2) is 11.5 Å². The molecule has 0 aliphatic heterocycles. The van der Waals surface area contributed by atoms with Gasteiger partial charge in [-0.3, -0.25) is 0 Å². The normalized spacial score (nSPS) is 16.5. The summed E-state index contributed by atoms with van der Waals surface area (Å²) in [4.78, 5) is 18.1. The van der Waals surface area contributed by atoms with Gasteiger partial charge in [-0.15, -0.1) is 0 Å². The largest absolute Gasteiger partial charge is 0.464 e. The number of hydrogen-bond acceptors (Lipinski definition) is 5. The average Bonchev–Trinajstić information content (AvgIpc) is 2.75. The second-order valence-electron chi connectivity index (χ2n) is 5.36. The number of hydrogen-bond donors (Lipinski definition) is 1. The quantitative estimate of drug-likeness (QED) is 0.679. The van der Waals surface area contributed by atoms with E-state index in [0.29, 0.717) is 23.2 Å². The summed E-state index contributed by atoms with van der Waals surface area (Å²) in [6.07, 6.45) is 7.39. The van der Waals surface area contributed by atoms with Crippen LogP contribution in [0.15, 0.2) is 12.1 Å². The van der Waals surface area contributed by atoms with E-state index in [2.05, 4.69) is 9.88 Å². The Labute approximate surface area is 120 Å². The van der Waals surface area contributed by atoms with Gasteiger partial charge < -0.3 is 15.4 Å². The highest BCUT2D eigenvalue weighted by molar-refractivity contribution is 5.88. The number of anilines is 2. The number of ether oxygens (including phenoxy) is 1. The predicted molar refractivity (Wildman–Crippen MR) is 79.9 cm³/mol. The molecule has 0 amide bonds. The number of pyridine rings is 1. The molecule has 20 heavy (non-hydrogen) atoms. The van der Waals surface area contributed by atoms with Crippen LogP contribution in [0.4, 0.5) is 11.5 Å². The molecule has 1 saturated carbocycles. The Bertz CT molecular complexity index is 468. The van der Waals surface area contributed by atoms with Crippen molar-refractivity contribution in [2.75, 3.05) is 24.8 Å². The molecule has 1 fully saturated rings. The van der Waals surface area contributed by atoms with Gasteiger partial charge in [-0.1, -0.05) is 25.7 Å². The maximum absolute atomic E-state index is 11.6. The van der Waals surface area contributed by atoms with Gasteiger partial charge in [0.2, 0.25) is 0 Å². The Morgan fingerprint density at radius 1 is 1.30 bits per heavy atom. The highest BCUT2D eigenvalue weighted by Crippen LogP contribution is 2.28. The van der Waals surface area contributed by atoms with Crippen molar-refractivity contribution in [3.8, 4) is 0 Å². The van der Waals surface area contributed by atoms with Gasteiger partial charge in [0.05, 0.1) is 12.8 Å². The molecule has 2 N–H and O–H groups in total. The summed E-state index contributed by atoms with van der Waals surface area (Å²) in [6.45, 7) is 0. The van der Waals surface area contributed by atoms with E-state index in [1.807, 2.05) is 7.05 Å². The Balaban J connectivity index is 2.23. The summed E-state index contributed by atoms with van der Waals surface area (Å²) in [5.74, 6) is 0.250. The number of carbonyl (C=O) groups excluding carboxylic acids is 1. The van der Waals surface area contributed by atoms with E-state index in [0.717, 1.165) is 12.8 Å². The van der Waals surface area contributed by atoms with Gasteiger partial charge in [0.1, 0.15) is 0 Å². The number of nitrogens with zero attached hydrogens (tertiary/aromatic N) is 2. The minimum absolute atomic E-state index is 0.303. The third-order valence-corrected chi connectivity index (χ3v) is 4.01. The summed E-state index contributed by atoms with van der Waals surface area (Å²) in [6, 6.07) is 3.77. The summed E-state index contributed by atoms with van der Waals surface area (Å²) in [5.41, 5.74) is 6.93. The molecule has 2 rings (SSSR count). The van der Waals surface area contributed by atoms with Crippen LogP contribution < -0.4 is 10.6 Å². The first-order valence-electron chi connectivity index (χ1n) is 7.21. The van der Waals surface area contributed by atoms with Crippen LogP contribution in [0, 0.1) is 0 Å². The SMILES string of the molecule is COC(=O)c1ccc(N)c(N(C)C2CCCCCC2)n1. The molecule has 110 valence electrons. The summed E-state index contributed by atoms with van der Waals surface area (Å²) >= 11 is 0. The molecule has 1 aromatic heterocycles. The van der Waals surface area contributed by atoms with Gasteiger partial charge >= 0.3 is 5.97 Å². The van der Waals surface area contributed by atoms with Crippen molar-refractivity contribution in [2.45, 2.75) is 44.6 Å². The van der Waals surface area contributed by atoms with Crippen LogP contribution in [-0.4, -0.2) is 31.2 Å².